The minimum atomic E-state index is -0.404. The largest absolute Gasteiger partial charge is 0.381 e. The van der Waals surface area contributed by atoms with Gasteiger partial charge in [0.05, 0.1) is 5.41 Å². The van der Waals surface area contributed by atoms with E-state index in [0.29, 0.717) is 19.1 Å². The molecule has 5 heteroatoms. The first-order valence-electron chi connectivity index (χ1n) is 9.95. The monoisotopic (exact) mass is 384 g/mol. The molecule has 2 aromatic rings. The van der Waals surface area contributed by atoms with Gasteiger partial charge in [0.25, 0.3) is 0 Å². The third kappa shape index (κ3) is 4.10. The summed E-state index contributed by atoms with van der Waals surface area (Å²) in [4.78, 5) is 19.6. The first-order valence-corrected chi connectivity index (χ1v) is 10.8. The first-order chi connectivity index (χ1) is 13.3. The second-order valence-electron chi connectivity index (χ2n) is 7.52. The summed E-state index contributed by atoms with van der Waals surface area (Å²) in [6.07, 6.45) is 2.68. The molecule has 0 bridgehead atoms. The number of piperazine rings is 1. The molecule has 4 rings (SSSR count). The highest BCUT2D eigenvalue weighted by atomic mass is 32.1. The number of thiophene rings is 1. The number of hydrogen-bond acceptors (Lipinski definition) is 4. The van der Waals surface area contributed by atoms with Crippen LogP contribution in [0.1, 0.15) is 23.3 Å². The van der Waals surface area contributed by atoms with Crippen LogP contribution in [0.5, 0.6) is 0 Å². The van der Waals surface area contributed by atoms with E-state index in [1.165, 1.54) is 4.88 Å². The normalized spacial score (nSPS) is 20.5. The van der Waals surface area contributed by atoms with Crippen LogP contribution in [0.3, 0.4) is 0 Å². The first kappa shape index (κ1) is 18.7. The second-order valence-corrected chi connectivity index (χ2v) is 8.56. The van der Waals surface area contributed by atoms with Gasteiger partial charge in [-0.05, 0) is 36.3 Å². The van der Waals surface area contributed by atoms with E-state index in [1.54, 1.807) is 0 Å². The van der Waals surface area contributed by atoms with Crippen LogP contribution in [-0.2, 0) is 21.4 Å². The lowest BCUT2D eigenvalue weighted by Gasteiger charge is -2.43. The van der Waals surface area contributed by atoms with E-state index >= 15 is 0 Å². The molecule has 3 heterocycles. The fourth-order valence-electron chi connectivity index (χ4n) is 4.30. The quantitative estimate of drug-likeness (QED) is 0.794. The minimum absolute atomic E-state index is 0.301. The summed E-state index contributed by atoms with van der Waals surface area (Å²) in [5.74, 6) is 0.301. The SMILES string of the molecule is O=C(N1CCN(CCc2cccs2)CC1)C1(c2ccccc2)CCOCC1. The van der Waals surface area contributed by atoms with E-state index in [1.807, 2.05) is 29.5 Å². The van der Waals surface area contributed by atoms with Gasteiger partial charge in [-0.2, -0.15) is 0 Å². The van der Waals surface area contributed by atoms with E-state index in [-0.39, 0.29) is 0 Å². The second kappa shape index (κ2) is 8.55. The number of benzene rings is 1. The van der Waals surface area contributed by atoms with Crippen molar-refractivity contribution in [2.45, 2.75) is 24.7 Å². The molecule has 1 aromatic carbocycles. The van der Waals surface area contributed by atoms with Crippen LogP contribution < -0.4 is 0 Å². The molecular weight excluding hydrogens is 356 g/mol. The molecule has 2 fully saturated rings. The highest BCUT2D eigenvalue weighted by Crippen LogP contribution is 2.37. The molecule has 0 radical (unpaired) electrons. The molecule has 0 spiro atoms. The molecule has 0 unspecified atom stereocenters. The molecule has 0 atom stereocenters. The number of ether oxygens (including phenoxy) is 1. The molecule has 0 N–H and O–H groups in total. The smallest absolute Gasteiger partial charge is 0.233 e. The zero-order valence-corrected chi connectivity index (χ0v) is 16.6. The van der Waals surface area contributed by atoms with Crippen molar-refractivity contribution in [3.63, 3.8) is 0 Å². The summed E-state index contributed by atoms with van der Waals surface area (Å²) in [6.45, 7) is 6.03. The molecule has 1 amide bonds. The average molecular weight is 385 g/mol. The van der Waals surface area contributed by atoms with E-state index in [0.717, 1.165) is 57.5 Å². The molecule has 2 aliphatic rings. The van der Waals surface area contributed by atoms with Gasteiger partial charge in [0, 0.05) is 50.8 Å². The van der Waals surface area contributed by atoms with Gasteiger partial charge in [-0.15, -0.1) is 11.3 Å². The number of amides is 1. The zero-order valence-electron chi connectivity index (χ0n) is 15.8. The molecule has 2 aliphatic heterocycles. The van der Waals surface area contributed by atoms with Crippen LogP contribution in [0.15, 0.2) is 47.8 Å². The Bertz CT molecular complexity index is 718. The third-order valence-corrected chi connectivity index (χ3v) is 6.93. The Morgan fingerprint density at radius 2 is 1.74 bits per heavy atom. The predicted molar refractivity (Wildman–Crippen MR) is 109 cm³/mol. The van der Waals surface area contributed by atoms with Crippen LogP contribution in [0.4, 0.5) is 0 Å². The predicted octanol–water partition coefficient (Wildman–Crippen LogP) is 3.18. The van der Waals surface area contributed by atoms with Crippen molar-refractivity contribution in [1.29, 1.82) is 0 Å². The Kier molecular flexibility index (Phi) is 5.91. The van der Waals surface area contributed by atoms with Crippen LogP contribution in [0.25, 0.3) is 0 Å². The molecule has 2 saturated heterocycles. The third-order valence-electron chi connectivity index (χ3n) is 6.00. The summed E-state index contributed by atoms with van der Waals surface area (Å²) in [6, 6.07) is 14.7. The Hall–Kier alpha value is -1.69. The van der Waals surface area contributed by atoms with E-state index in [2.05, 4.69) is 39.4 Å². The maximum absolute atomic E-state index is 13.6. The summed E-state index contributed by atoms with van der Waals surface area (Å²) < 4.78 is 5.59. The molecule has 1 aromatic heterocycles. The van der Waals surface area contributed by atoms with Crippen LogP contribution in [-0.4, -0.2) is 61.6 Å². The van der Waals surface area contributed by atoms with Crippen molar-refractivity contribution in [2.24, 2.45) is 0 Å². The Labute approximate surface area is 165 Å². The fraction of sp³-hybridized carbons (Fsp3) is 0.500. The lowest BCUT2D eigenvalue weighted by atomic mass is 9.73. The minimum Gasteiger partial charge on any atom is -0.381 e. The van der Waals surface area contributed by atoms with E-state index < -0.39 is 5.41 Å². The average Bonchev–Trinajstić information content (AvgIpc) is 3.27. The number of hydrogen-bond donors (Lipinski definition) is 0. The molecule has 4 nitrogen and oxygen atoms in total. The van der Waals surface area contributed by atoms with Crippen molar-refractivity contribution in [1.82, 2.24) is 9.80 Å². The molecule has 27 heavy (non-hydrogen) atoms. The fourth-order valence-corrected chi connectivity index (χ4v) is 5.00. The standard InChI is InChI=1S/C22H28N2O2S/c25-21(22(9-16-26-17-10-22)19-5-2-1-3-6-19)24-14-12-23(13-15-24)11-8-20-7-4-18-27-20/h1-7,18H,8-17H2. The van der Waals surface area contributed by atoms with Gasteiger partial charge in [0.2, 0.25) is 5.91 Å². The van der Waals surface area contributed by atoms with Gasteiger partial charge in [0.1, 0.15) is 0 Å². The van der Waals surface area contributed by atoms with Crippen molar-refractivity contribution < 1.29 is 9.53 Å². The Balaban J connectivity index is 1.39. The Morgan fingerprint density at radius 1 is 1.00 bits per heavy atom. The van der Waals surface area contributed by atoms with Gasteiger partial charge in [-0.25, -0.2) is 0 Å². The van der Waals surface area contributed by atoms with Gasteiger partial charge >= 0.3 is 0 Å². The van der Waals surface area contributed by atoms with Gasteiger partial charge in [0.15, 0.2) is 0 Å². The summed E-state index contributed by atoms with van der Waals surface area (Å²) >= 11 is 1.83. The molecule has 0 aliphatic carbocycles. The van der Waals surface area contributed by atoms with Gasteiger partial charge in [-0.1, -0.05) is 36.4 Å². The summed E-state index contributed by atoms with van der Waals surface area (Å²) in [5, 5.41) is 2.14. The number of rotatable bonds is 5. The molecule has 144 valence electrons. The maximum atomic E-state index is 13.6. The lowest BCUT2D eigenvalue weighted by Crippen LogP contribution is -2.56. The topological polar surface area (TPSA) is 32.8 Å². The number of carbonyl (C=O) groups is 1. The zero-order chi connectivity index (χ0) is 18.5. The highest BCUT2D eigenvalue weighted by molar-refractivity contribution is 7.09. The Morgan fingerprint density at radius 3 is 2.41 bits per heavy atom. The van der Waals surface area contributed by atoms with Gasteiger partial charge in [-0.3, -0.25) is 9.69 Å². The number of carbonyl (C=O) groups excluding carboxylic acids is 1. The lowest BCUT2D eigenvalue weighted by molar-refractivity contribution is -0.143. The van der Waals surface area contributed by atoms with Crippen molar-refractivity contribution in [3.05, 3.63) is 58.3 Å². The number of nitrogens with zero attached hydrogens (tertiary/aromatic N) is 2. The van der Waals surface area contributed by atoms with Crippen LogP contribution in [0, 0.1) is 0 Å². The van der Waals surface area contributed by atoms with E-state index in [9.17, 15) is 4.79 Å². The van der Waals surface area contributed by atoms with Crippen molar-refractivity contribution >= 4 is 17.2 Å². The molecular formula is C22H28N2O2S. The summed E-state index contributed by atoms with van der Waals surface area (Å²) in [5.41, 5.74) is 0.747. The van der Waals surface area contributed by atoms with Crippen LogP contribution in [0.2, 0.25) is 0 Å². The van der Waals surface area contributed by atoms with Crippen molar-refractivity contribution in [3.8, 4) is 0 Å². The van der Waals surface area contributed by atoms with E-state index in [4.69, 9.17) is 4.74 Å². The maximum Gasteiger partial charge on any atom is 0.233 e. The highest BCUT2D eigenvalue weighted by Gasteiger charge is 2.44. The van der Waals surface area contributed by atoms with Gasteiger partial charge < -0.3 is 9.64 Å². The van der Waals surface area contributed by atoms with Crippen molar-refractivity contribution in [2.75, 3.05) is 45.9 Å². The summed E-state index contributed by atoms with van der Waals surface area (Å²) in [7, 11) is 0. The van der Waals surface area contributed by atoms with Crippen LogP contribution >= 0.6 is 11.3 Å². The molecule has 0 saturated carbocycles.